The summed E-state index contributed by atoms with van der Waals surface area (Å²) in [6.07, 6.45) is 3.93. The van der Waals surface area contributed by atoms with Crippen molar-refractivity contribution in [1.82, 2.24) is 8.87 Å². The highest BCUT2D eigenvalue weighted by Crippen LogP contribution is 2.43. The molecule has 0 aliphatic carbocycles. The number of fused-ring (bicyclic) bond motifs is 4. The van der Waals surface area contributed by atoms with E-state index in [-0.39, 0.29) is 17.1 Å². The van der Waals surface area contributed by atoms with E-state index >= 15 is 0 Å². The van der Waals surface area contributed by atoms with Gasteiger partial charge in [0.1, 0.15) is 5.82 Å². The Balaban J connectivity index is 1.67. The highest BCUT2D eigenvalue weighted by Gasteiger charge is 2.43. The summed E-state index contributed by atoms with van der Waals surface area (Å²) in [4.78, 5) is 0. The molecule has 25 heavy (non-hydrogen) atoms. The molecule has 1 N–H and O–H groups in total. The molecule has 2 aromatic rings. The van der Waals surface area contributed by atoms with E-state index in [1.165, 1.54) is 12.1 Å². The zero-order valence-electron chi connectivity index (χ0n) is 14.2. The lowest BCUT2D eigenvalue weighted by Crippen LogP contribution is -2.51. The lowest BCUT2D eigenvalue weighted by atomic mass is 9.83. The Kier molecular flexibility index (Phi) is 3.88. The van der Waals surface area contributed by atoms with E-state index in [2.05, 4.69) is 16.0 Å². The molecule has 0 atom stereocenters. The topological polar surface area (TPSA) is 54.3 Å². The third-order valence-electron chi connectivity index (χ3n) is 5.26. The van der Waals surface area contributed by atoms with Gasteiger partial charge in [0.05, 0.1) is 22.7 Å². The Morgan fingerprint density at radius 3 is 2.72 bits per heavy atom. The van der Waals surface area contributed by atoms with Crippen LogP contribution in [-0.4, -0.2) is 36.1 Å². The molecule has 4 rings (SSSR count). The summed E-state index contributed by atoms with van der Waals surface area (Å²) < 4.78 is 42.1. The number of sulfonamides is 1. The van der Waals surface area contributed by atoms with Crippen LogP contribution in [0.25, 0.3) is 5.69 Å². The molecule has 0 bridgehead atoms. The van der Waals surface area contributed by atoms with Crippen molar-refractivity contribution in [2.45, 2.75) is 31.7 Å². The molecule has 7 heteroatoms. The molecule has 134 valence electrons. The third-order valence-corrected chi connectivity index (χ3v) is 7.34. The molecule has 2 aliphatic heterocycles. The summed E-state index contributed by atoms with van der Waals surface area (Å²) in [6, 6.07) is 8.80. The van der Waals surface area contributed by atoms with Crippen LogP contribution in [0.3, 0.4) is 0 Å². The Morgan fingerprint density at radius 2 is 2.00 bits per heavy atom. The Bertz CT molecular complexity index is 899. The van der Waals surface area contributed by atoms with Crippen molar-refractivity contribution in [3.05, 3.63) is 48.0 Å². The van der Waals surface area contributed by atoms with Gasteiger partial charge in [0.25, 0.3) is 0 Å². The van der Waals surface area contributed by atoms with Gasteiger partial charge in [0.2, 0.25) is 10.0 Å². The molecular weight excluding hydrogens is 341 g/mol. The van der Waals surface area contributed by atoms with E-state index in [0.29, 0.717) is 32.4 Å². The van der Waals surface area contributed by atoms with Crippen LogP contribution in [0.5, 0.6) is 0 Å². The fourth-order valence-electron chi connectivity index (χ4n) is 4.04. The molecule has 0 unspecified atom stereocenters. The standard InChI is InChI=1S/C18H22FN3O2S/c1-2-12-25(23,24)21-10-7-18(8-11-21)17-4-3-9-22(17)16-6-5-14(19)13-15(16)20-18/h3-6,9,13,20H,2,7-8,10-12H2,1H3. The third kappa shape index (κ3) is 2.66. The van der Waals surface area contributed by atoms with E-state index in [9.17, 15) is 12.8 Å². The first-order chi connectivity index (χ1) is 12.0. The smallest absolute Gasteiger partial charge is 0.214 e. The summed E-state index contributed by atoms with van der Waals surface area (Å²) in [5.41, 5.74) is 2.43. The van der Waals surface area contributed by atoms with E-state index in [4.69, 9.17) is 0 Å². The maximum atomic E-state index is 13.7. The lowest BCUT2D eigenvalue weighted by molar-refractivity contribution is 0.247. The van der Waals surface area contributed by atoms with Crippen molar-refractivity contribution in [3.63, 3.8) is 0 Å². The molecule has 0 radical (unpaired) electrons. The van der Waals surface area contributed by atoms with Gasteiger partial charge < -0.3 is 9.88 Å². The van der Waals surface area contributed by atoms with E-state index in [1.807, 2.05) is 19.2 Å². The molecule has 2 aliphatic rings. The van der Waals surface area contributed by atoms with Crippen LogP contribution in [0.4, 0.5) is 10.1 Å². The number of rotatable bonds is 3. The minimum absolute atomic E-state index is 0.192. The molecule has 1 aromatic heterocycles. The molecular formula is C18H22FN3O2S. The van der Waals surface area contributed by atoms with Crippen molar-refractivity contribution < 1.29 is 12.8 Å². The van der Waals surface area contributed by atoms with Crippen LogP contribution >= 0.6 is 0 Å². The number of hydrogen-bond acceptors (Lipinski definition) is 3. The second kappa shape index (κ2) is 5.85. The zero-order valence-corrected chi connectivity index (χ0v) is 15.0. The first-order valence-electron chi connectivity index (χ1n) is 8.69. The predicted octanol–water partition coefficient (Wildman–Crippen LogP) is 3.07. The first kappa shape index (κ1) is 16.6. The molecule has 1 spiro atoms. The summed E-state index contributed by atoms with van der Waals surface area (Å²) in [5, 5.41) is 3.52. The van der Waals surface area contributed by atoms with Crippen LogP contribution in [0.2, 0.25) is 0 Å². The van der Waals surface area contributed by atoms with Gasteiger partial charge in [-0.15, -0.1) is 0 Å². The van der Waals surface area contributed by atoms with E-state index in [0.717, 1.165) is 17.1 Å². The second-order valence-corrected chi connectivity index (χ2v) is 8.94. The summed E-state index contributed by atoms with van der Waals surface area (Å²) in [6.45, 7) is 2.83. The summed E-state index contributed by atoms with van der Waals surface area (Å²) >= 11 is 0. The van der Waals surface area contributed by atoms with Crippen LogP contribution in [0.15, 0.2) is 36.5 Å². The SMILES string of the molecule is CCCS(=O)(=O)N1CCC2(CC1)Nc1cc(F)ccc1-n1cccc12. The Hall–Kier alpha value is -1.86. The van der Waals surface area contributed by atoms with Crippen LogP contribution in [0, 0.1) is 5.82 Å². The number of hydrogen-bond donors (Lipinski definition) is 1. The number of nitrogens with one attached hydrogen (secondary N) is 1. The molecule has 5 nitrogen and oxygen atoms in total. The summed E-state index contributed by atoms with van der Waals surface area (Å²) in [7, 11) is -3.18. The fraction of sp³-hybridized carbons (Fsp3) is 0.444. The first-order valence-corrected chi connectivity index (χ1v) is 10.3. The highest BCUT2D eigenvalue weighted by molar-refractivity contribution is 7.89. The summed E-state index contributed by atoms with van der Waals surface area (Å²) in [5.74, 6) is -0.0855. The largest absolute Gasteiger partial charge is 0.372 e. The molecule has 0 saturated carbocycles. The lowest BCUT2D eigenvalue weighted by Gasteiger charge is -2.45. The van der Waals surface area contributed by atoms with Crippen molar-refractivity contribution >= 4 is 15.7 Å². The molecule has 0 amide bonds. The number of nitrogens with zero attached hydrogens (tertiary/aromatic N) is 2. The van der Waals surface area contributed by atoms with E-state index in [1.54, 1.807) is 10.4 Å². The van der Waals surface area contributed by atoms with Crippen molar-refractivity contribution in [2.24, 2.45) is 0 Å². The van der Waals surface area contributed by atoms with Crippen molar-refractivity contribution in [3.8, 4) is 5.69 Å². The van der Waals surface area contributed by atoms with Gasteiger partial charge in [-0.2, -0.15) is 0 Å². The number of piperidine rings is 1. The second-order valence-electron chi connectivity index (χ2n) is 6.85. The number of aromatic nitrogens is 1. The van der Waals surface area contributed by atoms with Gasteiger partial charge in [-0.05, 0) is 49.6 Å². The van der Waals surface area contributed by atoms with Gasteiger partial charge in [-0.25, -0.2) is 17.1 Å². The maximum absolute atomic E-state index is 13.7. The van der Waals surface area contributed by atoms with Gasteiger partial charge >= 0.3 is 0 Å². The monoisotopic (exact) mass is 363 g/mol. The van der Waals surface area contributed by atoms with Gasteiger partial charge in [0, 0.05) is 25.0 Å². The van der Waals surface area contributed by atoms with Gasteiger partial charge in [0.15, 0.2) is 0 Å². The average molecular weight is 363 g/mol. The Labute approximate surface area is 147 Å². The van der Waals surface area contributed by atoms with Crippen molar-refractivity contribution in [2.75, 3.05) is 24.2 Å². The normalized spacial score (nSPS) is 19.3. The van der Waals surface area contributed by atoms with Crippen molar-refractivity contribution in [1.29, 1.82) is 0 Å². The predicted molar refractivity (Wildman–Crippen MR) is 95.9 cm³/mol. The van der Waals surface area contributed by atoms with Gasteiger partial charge in [-0.3, -0.25) is 0 Å². The number of benzene rings is 1. The van der Waals surface area contributed by atoms with Crippen LogP contribution < -0.4 is 5.32 Å². The molecule has 3 heterocycles. The molecule has 1 saturated heterocycles. The quantitative estimate of drug-likeness (QED) is 0.912. The van der Waals surface area contributed by atoms with E-state index < -0.39 is 10.0 Å². The van der Waals surface area contributed by atoms with Crippen LogP contribution in [0.1, 0.15) is 31.9 Å². The molecule has 1 aromatic carbocycles. The fourth-order valence-corrected chi connectivity index (χ4v) is 5.55. The molecule has 1 fully saturated rings. The minimum Gasteiger partial charge on any atom is -0.372 e. The number of anilines is 1. The number of halogens is 1. The highest BCUT2D eigenvalue weighted by atomic mass is 32.2. The van der Waals surface area contributed by atoms with Gasteiger partial charge in [-0.1, -0.05) is 6.92 Å². The minimum atomic E-state index is -3.18. The zero-order chi connectivity index (χ0) is 17.7. The van der Waals surface area contributed by atoms with Crippen LogP contribution in [-0.2, 0) is 15.6 Å². The Morgan fingerprint density at radius 1 is 1.24 bits per heavy atom. The average Bonchev–Trinajstić information content (AvgIpc) is 3.06. The maximum Gasteiger partial charge on any atom is 0.214 e.